The Bertz CT molecular complexity index is 496. The lowest BCUT2D eigenvalue weighted by Gasteiger charge is -2.20. The molecule has 0 aromatic heterocycles. The molecule has 1 aromatic carbocycles. The van der Waals surface area contributed by atoms with Crippen molar-refractivity contribution < 1.29 is 4.79 Å². The standard InChI is InChI=1S/C16H22N2O/c1-18(2)14(19)16(9-10-16)13-5-3-12(4-6-13)11-15(17)7-8-15/h3-6H,7-11,17H2,1-2H3. The van der Waals surface area contributed by atoms with Crippen LogP contribution in [0.4, 0.5) is 0 Å². The summed E-state index contributed by atoms with van der Waals surface area (Å²) >= 11 is 0. The molecular weight excluding hydrogens is 236 g/mol. The molecule has 0 radical (unpaired) electrons. The zero-order chi connectivity index (χ0) is 13.7. The number of carbonyl (C=O) groups excluding carboxylic acids is 1. The molecule has 0 atom stereocenters. The van der Waals surface area contributed by atoms with Crippen LogP contribution in [0.5, 0.6) is 0 Å². The van der Waals surface area contributed by atoms with Gasteiger partial charge in [-0.15, -0.1) is 0 Å². The van der Waals surface area contributed by atoms with Crippen molar-refractivity contribution in [2.24, 2.45) is 5.73 Å². The summed E-state index contributed by atoms with van der Waals surface area (Å²) in [5, 5.41) is 0. The van der Waals surface area contributed by atoms with Gasteiger partial charge < -0.3 is 10.6 Å². The molecule has 3 rings (SSSR count). The molecule has 3 nitrogen and oxygen atoms in total. The molecule has 0 saturated heterocycles. The van der Waals surface area contributed by atoms with E-state index in [1.54, 1.807) is 4.90 Å². The Labute approximate surface area is 114 Å². The van der Waals surface area contributed by atoms with Crippen molar-refractivity contribution >= 4 is 5.91 Å². The largest absolute Gasteiger partial charge is 0.348 e. The first-order chi connectivity index (χ1) is 8.95. The summed E-state index contributed by atoms with van der Waals surface area (Å²) in [7, 11) is 3.67. The number of nitrogens with zero attached hydrogens (tertiary/aromatic N) is 1. The van der Waals surface area contributed by atoms with Gasteiger partial charge in [0.15, 0.2) is 0 Å². The van der Waals surface area contributed by atoms with E-state index < -0.39 is 0 Å². The molecule has 2 N–H and O–H groups in total. The highest BCUT2D eigenvalue weighted by molar-refractivity contribution is 5.90. The summed E-state index contributed by atoms with van der Waals surface area (Å²) in [5.41, 5.74) is 8.41. The molecule has 0 aliphatic heterocycles. The number of amides is 1. The molecule has 0 unspecified atom stereocenters. The van der Waals surface area contributed by atoms with Crippen LogP contribution in [0.2, 0.25) is 0 Å². The van der Waals surface area contributed by atoms with Crippen LogP contribution in [-0.4, -0.2) is 30.4 Å². The van der Waals surface area contributed by atoms with Crippen LogP contribution in [0.3, 0.4) is 0 Å². The van der Waals surface area contributed by atoms with Gasteiger partial charge in [0.1, 0.15) is 0 Å². The summed E-state index contributed by atoms with van der Waals surface area (Å²) < 4.78 is 0. The molecule has 2 fully saturated rings. The van der Waals surface area contributed by atoms with Crippen molar-refractivity contribution in [2.45, 2.75) is 43.1 Å². The van der Waals surface area contributed by atoms with Gasteiger partial charge in [-0.3, -0.25) is 4.79 Å². The van der Waals surface area contributed by atoms with Crippen LogP contribution in [0.15, 0.2) is 24.3 Å². The molecule has 1 amide bonds. The van der Waals surface area contributed by atoms with Crippen LogP contribution in [0.25, 0.3) is 0 Å². The average Bonchev–Trinajstić information content (AvgIpc) is 3.27. The minimum atomic E-state index is -0.234. The van der Waals surface area contributed by atoms with E-state index in [2.05, 4.69) is 24.3 Å². The van der Waals surface area contributed by atoms with Gasteiger partial charge in [-0.2, -0.15) is 0 Å². The van der Waals surface area contributed by atoms with Crippen molar-refractivity contribution in [3.8, 4) is 0 Å². The van der Waals surface area contributed by atoms with E-state index >= 15 is 0 Å². The third-order valence-electron chi connectivity index (χ3n) is 4.52. The lowest BCUT2D eigenvalue weighted by atomic mass is 9.92. The predicted molar refractivity (Wildman–Crippen MR) is 75.9 cm³/mol. The van der Waals surface area contributed by atoms with Crippen molar-refractivity contribution in [3.05, 3.63) is 35.4 Å². The minimum absolute atomic E-state index is 0.0538. The first-order valence-corrected chi connectivity index (χ1v) is 7.05. The zero-order valence-corrected chi connectivity index (χ0v) is 11.8. The van der Waals surface area contributed by atoms with Crippen molar-refractivity contribution in [2.75, 3.05) is 14.1 Å². The second-order valence-corrected chi connectivity index (χ2v) is 6.52. The van der Waals surface area contributed by atoms with E-state index in [0.29, 0.717) is 0 Å². The second-order valence-electron chi connectivity index (χ2n) is 6.52. The van der Waals surface area contributed by atoms with Crippen molar-refractivity contribution in [1.29, 1.82) is 0 Å². The second kappa shape index (κ2) is 4.07. The number of likely N-dealkylation sites (N-methyl/N-ethyl adjacent to an activating group) is 1. The number of rotatable bonds is 4. The van der Waals surface area contributed by atoms with E-state index in [9.17, 15) is 4.79 Å². The van der Waals surface area contributed by atoms with Crippen LogP contribution in [0, 0.1) is 0 Å². The van der Waals surface area contributed by atoms with Gasteiger partial charge in [-0.25, -0.2) is 0 Å². The highest BCUT2D eigenvalue weighted by Crippen LogP contribution is 2.49. The Morgan fingerprint density at radius 2 is 1.74 bits per heavy atom. The third-order valence-corrected chi connectivity index (χ3v) is 4.52. The van der Waals surface area contributed by atoms with Gasteiger partial charge >= 0.3 is 0 Å². The van der Waals surface area contributed by atoms with Gasteiger partial charge in [0.05, 0.1) is 5.41 Å². The molecule has 2 aliphatic carbocycles. The van der Waals surface area contributed by atoms with Crippen LogP contribution in [0.1, 0.15) is 36.8 Å². The summed E-state index contributed by atoms with van der Waals surface area (Å²) in [6.07, 6.45) is 5.19. The number of nitrogens with two attached hydrogens (primary N) is 1. The van der Waals surface area contributed by atoms with E-state index in [1.807, 2.05) is 14.1 Å². The molecule has 2 aliphatic rings. The lowest BCUT2D eigenvalue weighted by Crippen LogP contribution is -2.33. The van der Waals surface area contributed by atoms with E-state index in [1.165, 1.54) is 5.56 Å². The monoisotopic (exact) mass is 258 g/mol. The Morgan fingerprint density at radius 3 is 2.16 bits per heavy atom. The number of hydrogen-bond acceptors (Lipinski definition) is 2. The predicted octanol–water partition coefficient (Wildman–Crippen LogP) is 1.84. The summed E-state index contributed by atoms with van der Waals surface area (Å²) in [5.74, 6) is 0.234. The summed E-state index contributed by atoms with van der Waals surface area (Å²) in [6.45, 7) is 0. The smallest absolute Gasteiger partial charge is 0.232 e. The molecule has 0 spiro atoms. The first kappa shape index (κ1) is 12.7. The summed E-state index contributed by atoms with van der Waals surface area (Å²) in [6, 6.07) is 8.53. The summed E-state index contributed by atoms with van der Waals surface area (Å²) in [4.78, 5) is 14.0. The molecule has 1 aromatic rings. The number of benzene rings is 1. The Hall–Kier alpha value is -1.35. The molecule has 0 bridgehead atoms. The minimum Gasteiger partial charge on any atom is -0.348 e. The SMILES string of the molecule is CN(C)C(=O)C1(c2ccc(CC3(N)CC3)cc2)CC1. The molecule has 0 heterocycles. The molecule has 102 valence electrons. The molecule has 2 saturated carbocycles. The quantitative estimate of drug-likeness (QED) is 0.895. The fourth-order valence-electron chi connectivity index (χ4n) is 2.86. The van der Waals surface area contributed by atoms with Crippen LogP contribution < -0.4 is 5.73 Å². The Balaban J connectivity index is 1.77. The molecule has 3 heteroatoms. The van der Waals surface area contributed by atoms with Crippen molar-refractivity contribution in [3.63, 3.8) is 0 Å². The van der Waals surface area contributed by atoms with E-state index in [0.717, 1.165) is 37.7 Å². The number of hydrogen-bond donors (Lipinski definition) is 1. The maximum Gasteiger partial charge on any atom is 0.232 e. The fourth-order valence-corrected chi connectivity index (χ4v) is 2.86. The van der Waals surface area contributed by atoms with E-state index in [4.69, 9.17) is 5.73 Å². The third kappa shape index (κ3) is 2.27. The van der Waals surface area contributed by atoms with Crippen molar-refractivity contribution in [1.82, 2.24) is 4.90 Å². The number of carbonyl (C=O) groups is 1. The van der Waals surface area contributed by atoms with Gasteiger partial charge in [0, 0.05) is 19.6 Å². The highest BCUT2D eigenvalue weighted by atomic mass is 16.2. The lowest BCUT2D eigenvalue weighted by molar-refractivity contribution is -0.131. The van der Waals surface area contributed by atoms with Crippen LogP contribution in [-0.2, 0) is 16.6 Å². The van der Waals surface area contributed by atoms with Gasteiger partial charge in [-0.05, 0) is 43.2 Å². The Morgan fingerprint density at radius 1 is 1.16 bits per heavy atom. The maximum absolute atomic E-state index is 12.3. The van der Waals surface area contributed by atoms with Gasteiger partial charge in [-0.1, -0.05) is 24.3 Å². The van der Waals surface area contributed by atoms with Gasteiger partial charge in [0.25, 0.3) is 0 Å². The first-order valence-electron chi connectivity index (χ1n) is 7.05. The zero-order valence-electron chi connectivity index (χ0n) is 11.8. The highest BCUT2D eigenvalue weighted by Gasteiger charge is 2.51. The fraction of sp³-hybridized carbons (Fsp3) is 0.562. The topological polar surface area (TPSA) is 46.3 Å². The van der Waals surface area contributed by atoms with Gasteiger partial charge in [0.2, 0.25) is 5.91 Å². The van der Waals surface area contributed by atoms with E-state index in [-0.39, 0.29) is 16.9 Å². The average molecular weight is 258 g/mol. The normalized spacial score (nSPS) is 21.8. The Kier molecular flexibility index (Phi) is 2.72. The molecular formula is C16H22N2O. The maximum atomic E-state index is 12.3. The molecule has 19 heavy (non-hydrogen) atoms. The van der Waals surface area contributed by atoms with Crippen LogP contribution >= 0.6 is 0 Å².